The Morgan fingerprint density at radius 3 is 2.52 bits per heavy atom. The van der Waals surface area contributed by atoms with E-state index in [0.29, 0.717) is 27.8 Å². The van der Waals surface area contributed by atoms with Gasteiger partial charge in [-0.2, -0.15) is 0 Å². The van der Waals surface area contributed by atoms with Crippen molar-refractivity contribution in [3.8, 4) is 11.5 Å². The van der Waals surface area contributed by atoms with Gasteiger partial charge in [0.15, 0.2) is 11.5 Å². The number of H-pyrrole nitrogens is 1. The average Bonchev–Trinajstić information content (AvgIpc) is 3.17. The maximum Gasteiger partial charge on any atom is 0.286 e. The zero-order valence-corrected chi connectivity index (χ0v) is 17.6. The summed E-state index contributed by atoms with van der Waals surface area (Å²) in [6.07, 6.45) is 1.61. The number of aromatic amines is 1. The van der Waals surface area contributed by atoms with Crippen LogP contribution in [0.5, 0.6) is 11.5 Å². The van der Waals surface area contributed by atoms with Crippen LogP contribution < -0.4 is 20.3 Å². The highest BCUT2D eigenvalue weighted by molar-refractivity contribution is 9.10. The van der Waals surface area contributed by atoms with E-state index in [9.17, 15) is 9.59 Å². The van der Waals surface area contributed by atoms with Gasteiger partial charge in [-0.1, -0.05) is 29.8 Å². The molecule has 0 bridgehead atoms. The molecule has 2 aromatic carbocycles. The molecule has 0 unspecified atom stereocenters. The van der Waals surface area contributed by atoms with Crippen LogP contribution in [-0.4, -0.2) is 23.9 Å². The van der Waals surface area contributed by atoms with Gasteiger partial charge in [-0.3, -0.25) is 20.4 Å². The molecule has 0 radical (unpaired) electrons. The largest absolute Gasteiger partial charge is 0.493 e. The number of halogens is 2. The lowest BCUT2D eigenvalue weighted by Crippen LogP contribution is -2.41. The van der Waals surface area contributed by atoms with Crippen molar-refractivity contribution in [2.24, 2.45) is 0 Å². The van der Waals surface area contributed by atoms with Crippen LogP contribution in [0.1, 0.15) is 26.4 Å². The van der Waals surface area contributed by atoms with Crippen LogP contribution in [0.25, 0.3) is 0 Å². The van der Waals surface area contributed by atoms with Gasteiger partial charge in [0, 0.05) is 26.8 Å². The molecule has 0 fully saturated rings. The van der Waals surface area contributed by atoms with Crippen LogP contribution in [0, 0.1) is 0 Å². The van der Waals surface area contributed by atoms with E-state index in [0.717, 1.165) is 10.0 Å². The molecule has 1 aromatic heterocycles. The fraction of sp³-hybridized carbons (Fsp3) is 0.100. The summed E-state index contributed by atoms with van der Waals surface area (Å²) < 4.78 is 11.8. The highest BCUT2D eigenvalue weighted by Gasteiger charge is 2.14. The third-order valence-corrected chi connectivity index (χ3v) is 4.78. The number of ether oxygens (including phenoxy) is 2. The van der Waals surface area contributed by atoms with E-state index in [-0.39, 0.29) is 6.61 Å². The Hall–Kier alpha value is -2.97. The molecule has 3 N–H and O–H groups in total. The van der Waals surface area contributed by atoms with Crippen molar-refractivity contribution >= 4 is 39.3 Å². The van der Waals surface area contributed by atoms with E-state index < -0.39 is 11.8 Å². The van der Waals surface area contributed by atoms with Crippen LogP contribution in [0.2, 0.25) is 5.02 Å². The third kappa shape index (κ3) is 5.30. The molecule has 3 aromatic rings. The van der Waals surface area contributed by atoms with Crippen molar-refractivity contribution in [3.63, 3.8) is 0 Å². The fourth-order valence-electron chi connectivity index (χ4n) is 2.45. The first-order chi connectivity index (χ1) is 14.0. The second kappa shape index (κ2) is 9.49. The van der Waals surface area contributed by atoms with Gasteiger partial charge >= 0.3 is 0 Å². The number of benzene rings is 2. The number of hydrogen-bond donors (Lipinski definition) is 3. The topological polar surface area (TPSA) is 92.5 Å². The van der Waals surface area contributed by atoms with Crippen molar-refractivity contribution in [1.82, 2.24) is 15.8 Å². The average molecular weight is 479 g/mol. The van der Waals surface area contributed by atoms with Gasteiger partial charge in [-0.05, 0) is 46.3 Å². The Bertz CT molecular complexity index is 1040. The Labute approximate surface area is 180 Å². The predicted octanol–water partition coefficient (Wildman–Crippen LogP) is 4.09. The van der Waals surface area contributed by atoms with Gasteiger partial charge in [0.2, 0.25) is 0 Å². The highest BCUT2D eigenvalue weighted by Crippen LogP contribution is 2.29. The van der Waals surface area contributed by atoms with Crippen LogP contribution in [0.15, 0.2) is 59.2 Å². The summed E-state index contributed by atoms with van der Waals surface area (Å²) in [4.78, 5) is 27.1. The molecule has 9 heteroatoms. The molecule has 0 aliphatic heterocycles. The Kier molecular flexibility index (Phi) is 6.79. The number of carbonyl (C=O) groups excluding carboxylic acids is 2. The molecule has 1 heterocycles. The molecule has 29 heavy (non-hydrogen) atoms. The molecule has 7 nitrogen and oxygen atoms in total. The van der Waals surface area contributed by atoms with Crippen LogP contribution in [0.4, 0.5) is 0 Å². The Morgan fingerprint density at radius 1 is 1.07 bits per heavy atom. The monoisotopic (exact) mass is 477 g/mol. The van der Waals surface area contributed by atoms with Gasteiger partial charge in [-0.25, -0.2) is 0 Å². The van der Waals surface area contributed by atoms with Crippen molar-refractivity contribution in [1.29, 1.82) is 0 Å². The SMILES string of the molecule is COc1cc(C(=O)NNC(=O)c2cc(Br)c[nH]2)ccc1OCc1ccccc1Cl. The fourth-order valence-corrected chi connectivity index (χ4v) is 2.98. The normalized spacial score (nSPS) is 10.3. The molecule has 0 aliphatic carbocycles. The Balaban J connectivity index is 1.63. The van der Waals surface area contributed by atoms with E-state index in [1.807, 2.05) is 18.2 Å². The number of methoxy groups -OCH3 is 1. The summed E-state index contributed by atoms with van der Waals surface area (Å²) in [5, 5.41) is 0.604. The van der Waals surface area contributed by atoms with E-state index >= 15 is 0 Å². The first-order valence-electron chi connectivity index (χ1n) is 8.47. The van der Waals surface area contributed by atoms with Crippen molar-refractivity contribution < 1.29 is 19.1 Å². The lowest BCUT2D eigenvalue weighted by atomic mass is 10.2. The third-order valence-electron chi connectivity index (χ3n) is 3.95. The zero-order valence-electron chi connectivity index (χ0n) is 15.3. The number of amides is 2. The zero-order chi connectivity index (χ0) is 20.8. The van der Waals surface area contributed by atoms with Crippen molar-refractivity contribution in [2.75, 3.05) is 7.11 Å². The van der Waals surface area contributed by atoms with E-state index in [2.05, 4.69) is 31.8 Å². The molecular weight excluding hydrogens is 462 g/mol. The molecule has 3 rings (SSSR count). The van der Waals surface area contributed by atoms with Crippen LogP contribution in [-0.2, 0) is 6.61 Å². The quantitative estimate of drug-likeness (QED) is 0.465. The number of hydrazine groups is 1. The van der Waals surface area contributed by atoms with Gasteiger partial charge in [0.25, 0.3) is 11.8 Å². The standard InChI is InChI=1S/C20H17BrClN3O4/c1-28-18-8-12(19(26)24-25-20(27)16-9-14(21)10-23-16)6-7-17(18)29-11-13-4-2-3-5-15(13)22/h2-10,23H,11H2,1H3,(H,24,26)(H,25,27). The first-order valence-corrected chi connectivity index (χ1v) is 9.64. The number of aromatic nitrogens is 1. The number of carbonyl (C=O) groups is 2. The number of nitrogens with one attached hydrogen (secondary N) is 3. The minimum Gasteiger partial charge on any atom is -0.493 e. The second-order valence-electron chi connectivity index (χ2n) is 5.89. The molecule has 0 saturated carbocycles. The summed E-state index contributed by atoms with van der Waals surface area (Å²) >= 11 is 9.37. The maximum atomic E-state index is 12.3. The number of rotatable bonds is 6. The smallest absolute Gasteiger partial charge is 0.286 e. The summed E-state index contributed by atoms with van der Waals surface area (Å²) in [5.74, 6) is -0.135. The minimum absolute atomic E-state index is 0.253. The van der Waals surface area contributed by atoms with Crippen LogP contribution >= 0.6 is 27.5 Å². The van der Waals surface area contributed by atoms with Gasteiger partial charge < -0.3 is 14.5 Å². The van der Waals surface area contributed by atoms with Crippen molar-refractivity contribution in [2.45, 2.75) is 6.61 Å². The van der Waals surface area contributed by atoms with Crippen LogP contribution in [0.3, 0.4) is 0 Å². The van der Waals surface area contributed by atoms with E-state index in [1.54, 1.807) is 30.5 Å². The van der Waals surface area contributed by atoms with E-state index in [1.165, 1.54) is 13.2 Å². The summed E-state index contributed by atoms with van der Waals surface area (Å²) in [7, 11) is 1.48. The predicted molar refractivity (Wildman–Crippen MR) is 112 cm³/mol. The van der Waals surface area contributed by atoms with Gasteiger partial charge in [0.05, 0.1) is 7.11 Å². The molecular formula is C20H17BrClN3O4. The molecule has 150 valence electrons. The molecule has 0 aliphatic rings. The van der Waals surface area contributed by atoms with Gasteiger partial charge in [0.1, 0.15) is 12.3 Å². The van der Waals surface area contributed by atoms with E-state index in [4.69, 9.17) is 21.1 Å². The summed E-state index contributed by atoms with van der Waals surface area (Å²) in [6, 6.07) is 13.7. The van der Waals surface area contributed by atoms with Crippen molar-refractivity contribution in [3.05, 3.63) is 81.0 Å². The number of hydrogen-bond acceptors (Lipinski definition) is 4. The summed E-state index contributed by atoms with van der Waals surface area (Å²) in [6.45, 7) is 0.253. The highest BCUT2D eigenvalue weighted by atomic mass is 79.9. The lowest BCUT2D eigenvalue weighted by molar-refractivity contribution is 0.0844. The summed E-state index contributed by atoms with van der Waals surface area (Å²) in [5.41, 5.74) is 6.12. The Morgan fingerprint density at radius 2 is 1.83 bits per heavy atom. The molecule has 0 spiro atoms. The minimum atomic E-state index is -0.500. The molecule has 0 atom stereocenters. The maximum absolute atomic E-state index is 12.3. The lowest BCUT2D eigenvalue weighted by Gasteiger charge is -2.13. The van der Waals surface area contributed by atoms with Gasteiger partial charge in [-0.15, -0.1) is 0 Å². The second-order valence-corrected chi connectivity index (χ2v) is 7.21. The first kappa shape index (κ1) is 20.8. The molecule has 0 saturated heterocycles. The molecule has 2 amide bonds.